The Kier molecular flexibility index (Phi) is 4.90. The predicted octanol–water partition coefficient (Wildman–Crippen LogP) is 3.55. The van der Waals surface area contributed by atoms with E-state index in [1.165, 1.54) is 6.92 Å². The molecule has 0 heterocycles. The second kappa shape index (κ2) is 5.90. The van der Waals surface area contributed by atoms with Crippen molar-refractivity contribution in [1.29, 1.82) is 0 Å². The first-order valence-electron chi connectivity index (χ1n) is 5.80. The van der Waals surface area contributed by atoms with Gasteiger partial charge in [0.2, 0.25) is 0 Å². The minimum absolute atomic E-state index is 0.0118. The largest absolute Gasteiger partial charge is 0.416 e. The maximum atomic E-state index is 12.6. The summed E-state index contributed by atoms with van der Waals surface area (Å²) in [6, 6.07) is 2.57. The fourth-order valence-corrected chi connectivity index (χ4v) is 1.82. The lowest BCUT2D eigenvalue weighted by atomic mass is 10.1. The highest BCUT2D eigenvalue weighted by atomic mass is 19.4. The Morgan fingerprint density at radius 3 is 2.10 bits per heavy atom. The zero-order valence-corrected chi connectivity index (χ0v) is 10.6. The third-order valence-corrected chi connectivity index (χ3v) is 2.72. The number of nitrogens with zero attached hydrogens (tertiary/aromatic N) is 1. The monoisotopic (exact) mass is 300 g/mol. The summed E-state index contributed by atoms with van der Waals surface area (Å²) < 4.78 is 75.0. The smallest absolute Gasteiger partial charge is 0.363 e. The Morgan fingerprint density at radius 2 is 1.70 bits per heavy atom. The Morgan fingerprint density at radius 1 is 1.10 bits per heavy atom. The fourth-order valence-electron chi connectivity index (χ4n) is 1.82. The van der Waals surface area contributed by atoms with Gasteiger partial charge in [0, 0.05) is 18.8 Å². The molecule has 0 aliphatic carbocycles. The number of nitrogens with two attached hydrogens (primary N) is 1. The van der Waals surface area contributed by atoms with E-state index in [4.69, 9.17) is 5.73 Å². The quantitative estimate of drug-likeness (QED) is 0.862. The van der Waals surface area contributed by atoms with Crippen molar-refractivity contribution in [2.24, 2.45) is 5.73 Å². The van der Waals surface area contributed by atoms with Gasteiger partial charge in [0.15, 0.2) is 0 Å². The van der Waals surface area contributed by atoms with Crippen LogP contribution in [0.5, 0.6) is 0 Å². The molecule has 0 amide bonds. The average molecular weight is 300 g/mol. The Bertz CT molecular complexity index is 452. The van der Waals surface area contributed by atoms with Gasteiger partial charge in [0.1, 0.15) is 6.54 Å². The third-order valence-electron chi connectivity index (χ3n) is 2.72. The minimum Gasteiger partial charge on any atom is -0.363 e. The molecular formula is C12H14F6N2. The number of anilines is 1. The molecule has 0 unspecified atom stereocenters. The lowest BCUT2D eigenvalue weighted by molar-refractivity contribution is -0.137. The van der Waals surface area contributed by atoms with Gasteiger partial charge in [-0.2, -0.15) is 26.3 Å². The second-order valence-electron chi connectivity index (χ2n) is 4.17. The van der Waals surface area contributed by atoms with Gasteiger partial charge in [-0.05, 0) is 30.7 Å². The van der Waals surface area contributed by atoms with Gasteiger partial charge in [0.05, 0.1) is 5.56 Å². The van der Waals surface area contributed by atoms with Crippen LogP contribution in [-0.2, 0) is 12.7 Å². The fraction of sp³-hybridized carbons (Fsp3) is 0.500. The summed E-state index contributed by atoms with van der Waals surface area (Å²) in [5, 5.41) is 0. The Balaban J connectivity index is 3.17. The molecule has 0 saturated carbocycles. The zero-order valence-electron chi connectivity index (χ0n) is 10.6. The first-order chi connectivity index (χ1) is 9.08. The van der Waals surface area contributed by atoms with Crippen LogP contribution < -0.4 is 10.6 Å². The van der Waals surface area contributed by atoms with Crippen LogP contribution in [0.3, 0.4) is 0 Å². The van der Waals surface area contributed by atoms with Gasteiger partial charge in [0.25, 0.3) is 0 Å². The highest BCUT2D eigenvalue weighted by Gasteiger charge is 2.33. The van der Waals surface area contributed by atoms with E-state index in [9.17, 15) is 26.3 Å². The Hall–Kier alpha value is -1.44. The highest BCUT2D eigenvalue weighted by Crippen LogP contribution is 2.33. The lowest BCUT2D eigenvalue weighted by Crippen LogP contribution is -2.35. The van der Waals surface area contributed by atoms with Crippen LogP contribution >= 0.6 is 0 Å². The third kappa shape index (κ3) is 4.29. The standard InChI is InChI=1S/C12H14F6N2/c1-2-20(7-11(13,14)15)10-4-3-9(12(16,17)18)5-8(10)6-19/h3-5H,2,6-7,19H2,1H3. The average Bonchev–Trinajstić information content (AvgIpc) is 2.33. The summed E-state index contributed by atoms with van der Waals surface area (Å²) in [6.45, 7) is -0.00292. The first kappa shape index (κ1) is 16.6. The zero-order chi connectivity index (χ0) is 15.6. The van der Waals surface area contributed by atoms with Crippen LogP contribution in [0.4, 0.5) is 32.0 Å². The van der Waals surface area contributed by atoms with Crippen LogP contribution in [-0.4, -0.2) is 19.3 Å². The van der Waals surface area contributed by atoms with Crippen LogP contribution in [0.1, 0.15) is 18.1 Å². The normalized spacial score (nSPS) is 12.6. The molecule has 1 aromatic carbocycles. The van der Waals surface area contributed by atoms with E-state index in [1.807, 2.05) is 0 Å². The second-order valence-corrected chi connectivity index (χ2v) is 4.17. The molecule has 1 rings (SSSR count). The van der Waals surface area contributed by atoms with Crippen molar-refractivity contribution in [3.05, 3.63) is 29.3 Å². The molecule has 1 aromatic rings. The van der Waals surface area contributed by atoms with Crippen LogP contribution in [0, 0.1) is 0 Å². The van der Waals surface area contributed by atoms with Crippen molar-refractivity contribution in [3.63, 3.8) is 0 Å². The number of halogens is 6. The molecule has 0 bridgehead atoms. The molecule has 0 atom stereocenters. The summed E-state index contributed by atoms with van der Waals surface area (Å²) in [5.41, 5.74) is 4.52. The molecule has 2 N–H and O–H groups in total. The molecule has 0 aliphatic rings. The molecule has 0 aliphatic heterocycles. The molecule has 114 valence electrons. The molecule has 0 fully saturated rings. The molecular weight excluding hydrogens is 286 g/mol. The highest BCUT2D eigenvalue weighted by molar-refractivity contribution is 5.55. The molecule has 2 nitrogen and oxygen atoms in total. The van der Waals surface area contributed by atoms with Crippen molar-refractivity contribution in [2.45, 2.75) is 25.8 Å². The SMILES string of the molecule is CCN(CC(F)(F)F)c1ccc(C(F)(F)F)cc1CN. The number of hydrogen-bond acceptors (Lipinski definition) is 2. The van der Waals surface area contributed by atoms with Gasteiger partial charge in [-0.3, -0.25) is 0 Å². The van der Waals surface area contributed by atoms with Crippen LogP contribution in [0.25, 0.3) is 0 Å². The molecule has 20 heavy (non-hydrogen) atoms. The topological polar surface area (TPSA) is 29.3 Å². The number of benzene rings is 1. The van der Waals surface area contributed by atoms with E-state index < -0.39 is 24.5 Å². The van der Waals surface area contributed by atoms with E-state index >= 15 is 0 Å². The molecule has 0 spiro atoms. The summed E-state index contributed by atoms with van der Waals surface area (Å²) in [6.07, 6.45) is -8.99. The van der Waals surface area contributed by atoms with Crippen molar-refractivity contribution in [3.8, 4) is 0 Å². The first-order valence-corrected chi connectivity index (χ1v) is 5.80. The molecule has 0 aromatic heterocycles. The Labute approximate surface area is 112 Å². The van der Waals surface area contributed by atoms with Crippen molar-refractivity contribution >= 4 is 5.69 Å². The molecule has 0 radical (unpaired) electrons. The summed E-state index contributed by atoms with van der Waals surface area (Å²) in [4.78, 5) is 0.947. The number of alkyl halides is 6. The number of hydrogen-bond donors (Lipinski definition) is 1. The van der Waals surface area contributed by atoms with Crippen LogP contribution in [0.15, 0.2) is 18.2 Å². The summed E-state index contributed by atoms with van der Waals surface area (Å²) in [5.74, 6) is 0. The maximum absolute atomic E-state index is 12.6. The minimum atomic E-state index is -4.55. The van der Waals surface area contributed by atoms with E-state index in [1.54, 1.807) is 0 Å². The number of rotatable bonds is 4. The van der Waals surface area contributed by atoms with E-state index in [2.05, 4.69) is 0 Å². The molecule has 0 saturated heterocycles. The summed E-state index contributed by atoms with van der Waals surface area (Å²) >= 11 is 0. The van der Waals surface area contributed by atoms with E-state index in [0.29, 0.717) is 0 Å². The van der Waals surface area contributed by atoms with E-state index in [-0.39, 0.29) is 24.3 Å². The van der Waals surface area contributed by atoms with Crippen molar-refractivity contribution in [1.82, 2.24) is 0 Å². The van der Waals surface area contributed by atoms with Gasteiger partial charge in [-0.1, -0.05) is 0 Å². The van der Waals surface area contributed by atoms with Crippen molar-refractivity contribution in [2.75, 3.05) is 18.0 Å². The van der Waals surface area contributed by atoms with Gasteiger partial charge >= 0.3 is 12.4 Å². The predicted molar refractivity (Wildman–Crippen MR) is 63.3 cm³/mol. The summed E-state index contributed by atoms with van der Waals surface area (Å²) in [7, 11) is 0. The maximum Gasteiger partial charge on any atom is 0.416 e. The van der Waals surface area contributed by atoms with Gasteiger partial charge in [-0.25, -0.2) is 0 Å². The van der Waals surface area contributed by atoms with Crippen LogP contribution in [0.2, 0.25) is 0 Å². The van der Waals surface area contributed by atoms with Gasteiger partial charge < -0.3 is 10.6 Å². The van der Waals surface area contributed by atoms with E-state index in [0.717, 1.165) is 23.1 Å². The van der Waals surface area contributed by atoms with Crippen molar-refractivity contribution < 1.29 is 26.3 Å². The van der Waals surface area contributed by atoms with Gasteiger partial charge in [-0.15, -0.1) is 0 Å². The molecule has 8 heteroatoms. The lowest BCUT2D eigenvalue weighted by Gasteiger charge is -2.27.